The van der Waals surface area contributed by atoms with Crippen molar-refractivity contribution < 1.29 is 4.79 Å². The van der Waals surface area contributed by atoms with Gasteiger partial charge in [0.15, 0.2) is 0 Å². The van der Waals surface area contributed by atoms with Gasteiger partial charge in [-0.2, -0.15) is 5.26 Å². The molecule has 0 heterocycles. The molecule has 21 heavy (non-hydrogen) atoms. The zero-order valence-corrected chi connectivity index (χ0v) is 13.1. The van der Waals surface area contributed by atoms with Crippen molar-refractivity contribution in [3.63, 3.8) is 0 Å². The Morgan fingerprint density at radius 2 is 1.90 bits per heavy atom. The Morgan fingerprint density at radius 1 is 1.29 bits per heavy atom. The minimum atomic E-state index is -0.328. The van der Waals surface area contributed by atoms with E-state index in [0.29, 0.717) is 6.54 Å². The van der Waals surface area contributed by atoms with E-state index in [2.05, 4.69) is 5.32 Å². The molecule has 4 heteroatoms. The summed E-state index contributed by atoms with van der Waals surface area (Å²) in [6.45, 7) is 8.48. The number of rotatable bonds is 6. The Hall–Kier alpha value is -2.28. The minimum Gasteiger partial charge on any atom is -0.369 e. The van der Waals surface area contributed by atoms with Crippen LogP contribution in [0.3, 0.4) is 0 Å². The summed E-state index contributed by atoms with van der Waals surface area (Å²) in [6.07, 6.45) is 1.65. The number of hydrogen-bond acceptors (Lipinski definition) is 3. The zero-order valence-electron chi connectivity index (χ0n) is 13.1. The van der Waals surface area contributed by atoms with Crippen molar-refractivity contribution in [3.05, 3.63) is 47.7 Å². The molecule has 0 atom stereocenters. The Balaban J connectivity index is 2.92. The second-order valence-corrected chi connectivity index (χ2v) is 5.53. The predicted molar refractivity (Wildman–Crippen MR) is 84.1 cm³/mol. The van der Waals surface area contributed by atoms with E-state index in [1.54, 1.807) is 6.20 Å². The van der Waals surface area contributed by atoms with Gasteiger partial charge in [-0.3, -0.25) is 4.79 Å². The van der Waals surface area contributed by atoms with E-state index >= 15 is 0 Å². The molecular weight excluding hydrogens is 262 g/mol. The van der Waals surface area contributed by atoms with Crippen molar-refractivity contribution in [1.29, 1.82) is 5.26 Å². The highest BCUT2D eigenvalue weighted by molar-refractivity contribution is 5.97. The summed E-state index contributed by atoms with van der Waals surface area (Å²) >= 11 is 0. The number of carbonyl (C=O) groups excluding carboxylic acids is 1. The van der Waals surface area contributed by atoms with Gasteiger partial charge in [0.1, 0.15) is 11.6 Å². The van der Waals surface area contributed by atoms with Crippen LogP contribution in [0.4, 0.5) is 0 Å². The van der Waals surface area contributed by atoms with Crippen LogP contribution in [-0.2, 0) is 11.3 Å². The fourth-order valence-electron chi connectivity index (χ4n) is 1.82. The maximum Gasteiger partial charge on any atom is 0.263 e. The molecule has 0 aliphatic rings. The van der Waals surface area contributed by atoms with Crippen molar-refractivity contribution in [3.8, 4) is 6.07 Å². The maximum atomic E-state index is 12.0. The number of nitrogens with one attached hydrogen (secondary N) is 1. The highest BCUT2D eigenvalue weighted by atomic mass is 16.1. The first kappa shape index (κ1) is 16.8. The van der Waals surface area contributed by atoms with E-state index in [1.807, 2.05) is 69.0 Å². The van der Waals surface area contributed by atoms with Gasteiger partial charge in [0.2, 0.25) is 0 Å². The van der Waals surface area contributed by atoms with Gasteiger partial charge >= 0.3 is 0 Å². The lowest BCUT2D eigenvalue weighted by Gasteiger charge is -2.25. The van der Waals surface area contributed by atoms with Gasteiger partial charge in [-0.15, -0.1) is 0 Å². The lowest BCUT2D eigenvalue weighted by atomic mass is 10.2. The van der Waals surface area contributed by atoms with Crippen LogP contribution in [0.2, 0.25) is 0 Å². The number of nitriles is 1. The molecule has 0 radical (unpaired) electrons. The third kappa shape index (κ3) is 5.70. The highest BCUT2D eigenvalue weighted by Crippen LogP contribution is 2.10. The normalized spacial score (nSPS) is 11.4. The van der Waals surface area contributed by atoms with E-state index < -0.39 is 0 Å². The van der Waals surface area contributed by atoms with Gasteiger partial charge in [-0.1, -0.05) is 30.3 Å². The Bertz CT molecular complexity index is 527. The summed E-state index contributed by atoms with van der Waals surface area (Å²) in [4.78, 5) is 14.0. The monoisotopic (exact) mass is 285 g/mol. The van der Waals surface area contributed by atoms with Crippen molar-refractivity contribution in [2.45, 2.75) is 46.3 Å². The van der Waals surface area contributed by atoms with Gasteiger partial charge in [-0.25, -0.2) is 0 Å². The summed E-state index contributed by atoms with van der Waals surface area (Å²) in [7, 11) is 0. The Labute approximate surface area is 127 Å². The van der Waals surface area contributed by atoms with Crippen LogP contribution in [0.1, 0.15) is 33.3 Å². The van der Waals surface area contributed by atoms with Gasteiger partial charge in [0.05, 0.1) is 0 Å². The molecule has 0 unspecified atom stereocenters. The fourth-order valence-corrected chi connectivity index (χ4v) is 1.82. The molecule has 1 aromatic rings. The second-order valence-electron chi connectivity index (χ2n) is 5.53. The quantitative estimate of drug-likeness (QED) is 0.646. The Morgan fingerprint density at radius 3 is 2.38 bits per heavy atom. The molecule has 0 saturated heterocycles. The molecule has 0 fully saturated rings. The second kappa shape index (κ2) is 8.11. The standard InChI is InChI=1S/C17H23N3O/c1-13(2)19-17(21)16(10-18)12-20(14(3)4)11-15-8-6-5-7-9-15/h5-9,12-14H,11H2,1-4H3,(H,19,21)/b16-12-. The van der Waals surface area contributed by atoms with Crippen LogP contribution in [0, 0.1) is 11.3 Å². The van der Waals surface area contributed by atoms with E-state index in [-0.39, 0.29) is 23.6 Å². The number of benzene rings is 1. The smallest absolute Gasteiger partial charge is 0.263 e. The lowest BCUT2D eigenvalue weighted by molar-refractivity contribution is -0.117. The average molecular weight is 285 g/mol. The molecule has 112 valence electrons. The third-order valence-corrected chi connectivity index (χ3v) is 2.95. The van der Waals surface area contributed by atoms with Crippen LogP contribution in [0.15, 0.2) is 42.1 Å². The predicted octanol–water partition coefficient (Wildman–Crippen LogP) is 2.83. The van der Waals surface area contributed by atoms with Crippen LogP contribution >= 0.6 is 0 Å². The van der Waals surface area contributed by atoms with Crippen LogP contribution in [-0.4, -0.2) is 22.9 Å². The third-order valence-electron chi connectivity index (χ3n) is 2.95. The molecule has 4 nitrogen and oxygen atoms in total. The zero-order chi connectivity index (χ0) is 15.8. The van der Waals surface area contributed by atoms with Crippen LogP contribution in [0.25, 0.3) is 0 Å². The summed E-state index contributed by atoms with van der Waals surface area (Å²) < 4.78 is 0. The SMILES string of the molecule is CC(C)NC(=O)/C(C#N)=C\N(Cc1ccccc1)C(C)C. The number of hydrogen-bond donors (Lipinski definition) is 1. The van der Waals surface area contributed by atoms with E-state index in [1.165, 1.54) is 0 Å². The molecular formula is C17H23N3O. The van der Waals surface area contributed by atoms with E-state index in [4.69, 9.17) is 0 Å². The highest BCUT2D eigenvalue weighted by Gasteiger charge is 2.14. The largest absolute Gasteiger partial charge is 0.369 e. The molecule has 0 spiro atoms. The minimum absolute atomic E-state index is 0.0101. The van der Waals surface area contributed by atoms with E-state index in [9.17, 15) is 10.1 Å². The summed E-state index contributed by atoms with van der Waals surface area (Å²) in [6, 6.07) is 12.2. The van der Waals surface area contributed by atoms with Crippen LogP contribution in [0.5, 0.6) is 0 Å². The molecule has 0 bridgehead atoms. The average Bonchev–Trinajstić information content (AvgIpc) is 2.43. The molecule has 0 aliphatic carbocycles. The molecule has 1 aromatic carbocycles. The molecule has 1 N–H and O–H groups in total. The molecule has 0 aromatic heterocycles. The first-order valence-electron chi connectivity index (χ1n) is 7.16. The maximum absolute atomic E-state index is 12.0. The van der Waals surface area contributed by atoms with Crippen molar-refractivity contribution in [2.24, 2.45) is 0 Å². The number of amides is 1. The summed E-state index contributed by atoms with van der Waals surface area (Å²) in [5.41, 5.74) is 1.28. The van der Waals surface area contributed by atoms with Crippen molar-refractivity contribution in [2.75, 3.05) is 0 Å². The molecule has 0 saturated carbocycles. The fraction of sp³-hybridized carbons (Fsp3) is 0.412. The first-order valence-corrected chi connectivity index (χ1v) is 7.16. The topological polar surface area (TPSA) is 56.1 Å². The van der Waals surface area contributed by atoms with Gasteiger partial charge < -0.3 is 10.2 Å². The molecule has 1 amide bonds. The number of nitrogens with zero attached hydrogens (tertiary/aromatic N) is 2. The Kier molecular flexibility index (Phi) is 6.48. The van der Waals surface area contributed by atoms with Gasteiger partial charge in [-0.05, 0) is 33.3 Å². The van der Waals surface area contributed by atoms with Crippen LogP contribution < -0.4 is 5.32 Å². The number of carbonyl (C=O) groups is 1. The van der Waals surface area contributed by atoms with Gasteiger partial charge in [0.25, 0.3) is 5.91 Å². The van der Waals surface area contributed by atoms with Crippen molar-refractivity contribution in [1.82, 2.24) is 10.2 Å². The summed E-state index contributed by atoms with van der Waals surface area (Å²) in [5.74, 6) is -0.328. The molecule has 0 aliphatic heterocycles. The van der Waals surface area contributed by atoms with E-state index in [0.717, 1.165) is 5.56 Å². The van der Waals surface area contributed by atoms with Gasteiger partial charge in [0, 0.05) is 24.8 Å². The summed E-state index contributed by atoms with van der Waals surface area (Å²) in [5, 5.41) is 11.9. The lowest BCUT2D eigenvalue weighted by Crippen LogP contribution is -2.33. The first-order chi connectivity index (χ1) is 9.93. The van der Waals surface area contributed by atoms with Crippen molar-refractivity contribution >= 4 is 5.91 Å². The molecule has 1 rings (SSSR count).